The van der Waals surface area contributed by atoms with Crippen molar-refractivity contribution in [1.29, 1.82) is 0 Å². The molecule has 2 aromatic heterocycles. The number of ether oxygens (including phenoxy) is 1. The van der Waals surface area contributed by atoms with Crippen molar-refractivity contribution < 1.29 is 9.53 Å². The molecule has 0 saturated carbocycles. The number of primary amides is 1. The first-order chi connectivity index (χ1) is 13.2. The number of carbonyl (C=O) groups is 1. The van der Waals surface area contributed by atoms with Crippen LogP contribution in [0.2, 0.25) is 5.02 Å². The van der Waals surface area contributed by atoms with Gasteiger partial charge in [0.05, 0.1) is 23.4 Å². The van der Waals surface area contributed by atoms with Crippen LogP contribution in [0.5, 0.6) is 0 Å². The fourth-order valence-corrected chi connectivity index (χ4v) is 5.12. The molecule has 9 heteroatoms. The second-order valence-electron chi connectivity index (χ2n) is 7.36. The van der Waals surface area contributed by atoms with Crippen LogP contribution in [0.3, 0.4) is 0 Å². The number of fused-ring (bicyclic) bond motifs is 3. The minimum Gasteiger partial charge on any atom is -0.370 e. The van der Waals surface area contributed by atoms with Gasteiger partial charge in [-0.1, -0.05) is 17.7 Å². The number of amides is 1. The van der Waals surface area contributed by atoms with E-state index in [-0.39, 0.29) is 18.8 Å². The van der Waals surface area contributed by atoms with Crippen LogP contribution in [-0.2, 0) is 29.1 Å². The Bertz CT molecular complexity index is 1240. The lowest BCUT2D eigenvalue weighted by Gasteiger charge is -2.30. The minimum atomic E-state index is -0.670. The van der Waals surface area contributed by atoms with Crippen LogP contribution >= 0.6 is 22.9 Å². The zero-order valence-corrected chi connectivity index (χ0v) is 16.9. The van der Waals surface area contributed by atoms with Crippen LogP contribution in [0.4, 0.5) is 0 Å². The molecule has 0 bridgehead atoms. The van der Waals surface area contributed by atoms with Crippen LogP contribution < -0.4 is 17.0 Å². The number of rotatable bonds is 3. The summed E-state index contributed by atoms with van der Waals surface area (Å²) in [7, 11) is 0. The molecular formula is C19H18ClN3O4S. The maximum absolute atomic E-state index is 13.2. The van der Waals surface area contributed by atoms with E-state index in [4.69, 9.17) is 22.1 Å². The summed E-state index contributed by atoms with van der Waals surface area (Å²) in [4.78, 5) is 39.1. The molecule has 0 atom stereocenters. The number of hydrogen-bond acceptors (Lipinski definition) is 5. The number of halogens is 1. The van der Waals surface area contributed by atoms with Gasteiger partial charge in [0, 0.05) is 21.9 Å². The highest BCUT2D eigenvalue weighted by atomic mass is 35.5. The third kappa shape index (κ3) is 3.07. The number of hydrogen-bond donors (Lipinski definition) is 1. The second-order valence-corrected chi connectivity index (χ2v) is 8.90. The Morgan fingerprint density at radius 3 is 2.79 bits per heavy atom. The summed E-state index contributed by atoms with van der Waals surface area (Å²) in [5.74, 6) is -0.670. The molecule has 3 aromatic rings. The Morgan fingerprint density at radius 1 is 1.36 bits per heavy atom. The minimum absolute atomic E-state index is 0.265. The lowest BCUT2D eigenvalue weighted by molar-refractivity contribution is -0.118. The Labute approximate surface area is 168 Å². The molecule has 28 heavy (non-hydrogen) atoms. The number of benzene rings is 1. The van der Waals surface area contributed by atoms with Crippen molar-refractivity contribution in [1.82, 2.24) is 9.13 Å². The number of aromatic nitrogens is 2. The molecule has 2 N–H and O–H groups in total. The zero-order chi connectivity index (χ0) is 20.2. The molecule has 4 rings (SSSR count). The van der Waals surface area contributed by atoms with Gasteiger partial charge in [0.15, 0.2) is 0 Å². The summed E-state index contributed by atoms with van der Waals surface area (Å²) in [6.45, 7) is 3.88. The molecule has 7 nitrogen and oxygen atoms in total. The van der Waals surface area contributed by atoms with Crippen molar-refractivity contribution in [2.45, 2.75) is 39.0 Å². The molecule has 1 aliphatic rings. The van der Waals surface area contributed by atoms with Crippen LogP contribution in [0, 0.1) is 0 Å². The van der Waals surface area contributed by atoms with Gasteiger partial charge in [-0.25, -0.2) is 9.36 Å². The quantitative estimate of drug-likeness (QED) is 0.703. The van der Waals surface area contributed by atoms with Gasteiger partial charge in [-0.2, -0.15) is 0 Å². The second kappa shape index (κ2) is 6.58. The third-order valence-electron chi connectivity index (χ3n) is 4.73. The molecule has 0 radical (unpaired) electrons. The summed E-state index contributed by atoms with van der Waals surface area (Å²) < 4.78 is 8.57. The Morgan fingerprint density at radius 2 is 2.11 bits per heavy atom. The van der Waals surface area contributed by atoms with Crippen molar-refractivity contribution in [2.24, 2.45) is 5.73 Å². The highest BCUT2D eigenvalue weighted by Crippen LogP contribution is 2.37. The predicted molar refractivity (Wildman–Crippen MR) is 108 cm³/mol. The number of carbonyl (C=O) groups excluding carboxylic acids is 1. The fourth-order valence-electron chi connectivity index (χ4n) is 3.48. The summed E-state index contributed by atoms with van der Waals surface area (Å²) in [5.41, 5.74) is 5.49. The molecule has 0 saturated heterocycles. The van der Waals surface area contributed by atoms with E-state index in [1.54, 1.807) is 18.2 Å². The summed E-state index contributed by atoms with van der Waals surface area (Å²) in [6.07, 6.45) is 0.614. The number of nitrogens with two attached hydrogens (primary N) is 1. The van der Waals surface area contributed by atoms with E-state index in [2.05, 4.69) is 0 Å². The lowest BCUT2D eigenvalue weighted by Crippen LogP contribution is -2.41. The molecular weight excluding hydrogens is 402 g/mol. The van der Waals surface area contributed by atoms with E-state index < -0.39 is 17.2 Å². The van der Waals surface area contributed by atoms with Gasteiger partial charge < -0.3 is 10.5 Å². The molecule has 0 spiro atoms. The van der Waals surface area contributed by atoms with Gasteiger partial charge in [0.1, 0.15) is 11.2 Å². The SMILES string of the molecule is CC1(C)Cc2sc3c(=O)n(-c4cccc(Cl)c4)c(=O)n(CC(N)=O)c3c2CO1. The predicted octanol–water partition coefficient (Wildman–Crippen LogP) is 2.20. The molecule has 0 fully saturated rings. The van der Waals surface area contributed by atoms with E-state index in [0.29, 0.717) is 27.3 Å². The summed E-state index contributed by atoms with van der Waals surface area (Å²) in [5, 5.41) is 0.394. The number of nitrogens with zero attached hydrogens (tertiary/aromatic N) is 2. The first-order valence-electron chi connectivity index (χ1n) is 8.66. The maximum atomic E-state index is 13.2. The topological polar surface area (TPSA) is 96.3 Å². The normalized spacial score (nSPS) is 15.5. The molecule has 1 aromatic carbocycles. The highest BCUT2D eigenvalue weighted by Gasteiger charge is 2.32. The van der Waals surface area contributed by atoms with Gasteiger partial charge in [-0.3, -0.25) is 14.2 Å². The van der Waals surface area contributed by atoms with Crippen molar-refractivity contribution >= 4 is 39.1 Å². The van der Waals surface area contributed by atoms with E-state index >= 15 is 0 Å². The smallest absolute Gasteiger partial charge is 0.336 e. The van der Waals surface area contributed by atoms with Crippen LogP contribution in [-0.4, -0.2) is 20.6 Å². The average molecular weight is 420 g/mol. The third-order valence-corrected chi connectivity index (χ3v) is 6.17. The Hall–Kier alpha value is -2.42. The standard InChI is InChI=1S/C19H18ClN3O4S/c1-19(2)7-13-12(9-27-19)15-16(28-13)17(25)23(11-5-3-4-10(20)6-11)18(26)22(15)8-14(21)24/h3-6H,7-9H2,1-2H3,(H2,21,24). The van der Waals surface area contributed by atoms with E-state index in [0.717, 1.165) is 15.0 Å². The van der Waals surface area contributed by atoms with Gasteiger partial charge >= 0.3 is 5.69 Å². The van der Waals surface area contributed by atoms with Crippen molar-refractivity contribution in [3.05, 3.63) is 60.6 Å². The first-order valence-corrected chi connectivity index (χ1v) is 9.86. The largest absolute Gasteiger partial charge is 0.370 e. The van der Waals surface area contributed by atoms with Crippen LogP contribution in [0.15, 0.2) is 33.9 Å². The monoisotopic (exact) mass is 419 g/mol. The Balaban J connectivity index is 2.10. The van der Waals surface area contributed by atoms with Gasteiger partial charge in [0.25, 0.3) is 5.56 Å². The molecule has 1 aliphatic heterocycles. The van der Waals surface area contributed by atoms with Gasteiger partial charge in [-0.15, -0.1) is 11.3 Å². The van der Waals surface area contributed by atoms with E-state index in [1.807, 2.05) is 13.8 Å². The number of thiophene rings is 1. The average Bonchev–Trinajstić information content (AvgIpc) is 2.96. The summed E-state index contributed by atoms with van der Waals surface area (Å²) in [6, 6.07) is 6.46. The van der Waals surface area contributed by atoms with E-state index in [1.165, 1.54) is 22.0 Å². The van der Waals surface area contributed by atoms with Crippen molar-refractivity contribution in [3.63, 3.8) is 0 Å². The molecule has 0 aliphatic carbocycles. The van der Waals surface area contributed by atoms with Crippen LogP contribution in [0.25, 0.3) is 15.9 Å². The first kappa shape index (κ1) is 18.9. The molecule has 146 valence electrons. The molecule has 0 unspecified atom stereocenters. The zero-order valence-electron chi connectivity index (χ0n) is 15.3. The van der Waals surface area contributed by atoms with E-state index in [9.17, 15) is 14.4 Å². The van der Waals surface area contributed by atoms with Gasteiger partial charge in [0.2, 0.25) is 5.91 Å². The highest BCUT2D eigenvalue weighted by molar-refractivity contribution is 7.19. The fraction of sp³-hybridized carbons (Fsp3) is 0.316. The van der Waals surface area contributed by atoms with Gasteiger partial charge in [-0.05, 0) is 32.0 Å². The molecule has 1 amide bonds. The lowest BCUT2D eigenvalue weighted by atomic mass is 9.98. The summed E-state index contributed by atoms with van der Waals surface area (Å²) >= 11 is 7.38. The maximum Gasteiger partial charge on any atom is 0.336 e. The van der Waals surface area contributed by atoms with Crippen molar-refractivity contribution in [3.8, 4) is 5.69 Å². The molecule has 3 heterocycles. The van der Waals surface area contributed by atoms with Crippen molar-refractivity contribution in [2.75, 3.05) is 0 Å². The Kier molecular flexibility index (Phi) is 4.45. The van der Waals surface area contributed by atoms with Crippen LogP contribution in [0.1, 0.15) is 24.3 Å².